The summed E-state index contributed by atoms with van der Waals surface area (Å²) in [6.45, 7) is 3.54. The Bertz CT molecular complexity index is 588. The van der Waals surface area contributed by atoms with Gasteiger partial charge < -0.3 is 9.84 Å². The van der Waals surface area contributed by atoms with Crippen LogP contribution in [0.25, 0.3) is 5.69 Å². The Labute approximate surface area is 122 Å². The summed E-state index contributed by atoms with van der Waals surface area (Å²) in [6.07, 6.45) is 3.79. The number of hydrogen-bond donors (Lipinski definition) is 1. The number of aromatic nitrogens is 2. The molecule has 0 amide bonds. The zero-order chi connectivity index (χ0) is 14.0. The topological polar surface area (TPSA) is 47.3 Å². The number of nitrogens with zero attached hydrogens (tertiary/aromatic N) is 2. The highest BCUT2D eigenvalue weighted by molar-refractivity contribution is 7.99. The van der Waals surface area contributed by atoms with Gasteiger partial charge in [-0.1, -0.05) is 23.9 Å². The van der Waals surface area contributed by atoms with Gasteiger partial charge >= 0.3 is 0 Å². The Morgan fingerprint density at radius 1 is 1.45 bits per heavy atom. The number of rotatable bonds is 5. The summed E-state index contributed by atoms with van der Waals surface area (Å²) in [5.74, 6) is 0.826. The van der Waals surface area contributed by atoms with Gasteiger partial charge in [0.05, 0.1) is 19.8 Å². The molecule has 0 radical (unpaired) electrons. The lowest BCUT2D eigenvalue weighted by molar-refractivity contribution is -0.121. The Morgan fingerprint density at radius 2 is 2.30 bits per heavy atom. The van der Waals surface area contributed by atoms with Crippen LogP contribution in [0.4, 0.5) is 0 Å². The second-order valence-corrected chi connectivity index (χ2v) is 6.30. The number of imidazole rings is 1. The van der Waals surface area contributed by atoms with Crippen LogP contribution in [-0.4, -0.2) is 40.2 Å². The third kappa shape index (κ3) is 2.61. The van der Waals surface area contributed by atoms with E-state index in [2.05, 4.69) is 34.7 Å². The van der Waals surface area contributed by atoms with Gasteiger partial charge in [0.2, 0.25) is 0 Å². The quantitative estimate of drug-likeness (QED) is 0.858. The largest absolute Gasteiger partial charge is 0.396 e. The zero-order valence-corrected chi connectivity index (χ0v) is 12.3. The molecular weight excluding hydrogens is 272 g/mol. The lowest BCUT2D eigenvalue weighted by Crippen LogP contribution is -2.47. The normalized spacial score (nSPS) is 16.9. The molecule has 0 aliphatic carbocycles. The van der Waals surface area contributed by atoms with Crippen LogP contribution in [-0.2, 0) is 4.74 Å². The predicted octanol–water partition coefficient (Wildman–Crippen LogP) is 2.28. The van der Waals surface area contributed by atoms with E-state index in [9.17, 15) is 5.11 Å². The first-order valence-corrected chi connectivity index (χ1v) is 7.63. The highest BCUT2D eigenvalue weighted by Gasteiger charge is 2.38. The van der Waals surface area contributed by atoms with Gasteiger partial charge in [-0.2, -0.15) is 0 Å². The van der Waals surface area contributed by atoms with Crippen molar-refractivity contribution in [1.29, 1.82) is 0 Å². The molecule has 1 aromatic carbocycles. The molecule has 1 N–H and O–H groups in total. The van der Waals surface area contributed by atoms with Crippen molar-refractivity contribution in [2.24, 2.45) is 5.41 Å². The van der Waals surface area contributed by atoms with Crippen molar-refractivity contribution in [3.05, 3.63) is 42.2 Å². The first-order chi connectivity index (χ1) is 9.72. The molecule has 1 aliphatic heterocycles. The molecular formula is C15H18N2O2S. The summed E-state index contributed by atoms with van der Waals surface area (Å²) in [7, 11) is 0. The van der Waals surface area contributed by atoms with E-state index in [1.165, 1.54) is 5.56 Å². The summed E-state index contributed by atoms with van der Waals surface area (Å²) in [5.41, 5.74) is 2.26. The van der Waals surface area contributed by atoms with Gasteiger partial charge in [0.15, 0.2) is 5.16 Å². The fraction of sp³-hybridized carbons (Fsp3) is 0.400. The third-order valence-electron chi connectivity index (χ3n) is 3.55. The maximum Gasteiger partial charge on any atom is 0.172 e. The maximum atomic E-state index is 9.47. The highest BCUT2D eigenvalue weighted by atomic mass is 32.2. The Hall–Kier alpha value is -1.30. The van der Waals surface area contributed by atoms with E-state index in [0.717, 1.165) is 16.6 Å². The van der Waals surface area contributed by atoms with E-state index in [1.807, 2.05) is 18.5 Å². The molecule has 1 saturated heterocycles. The first-order valence-electron chi connectivity index (χ1n) is 6.64. The fourth-order valence-corrected chi connectivity index (χ4v) is 3.33. The zero-order valence-electron chi connectivity index (χ0n) is 11.5. The number of aliphatic hydroxyl groups is 1. The van der Waals surface area contributed by atoms with Crippen molar-refractivity contribution < 1.29 is 9.84 Å². The fourth-order valence-electron chi connectivity index (χ4n) is 2.20. The first kappa shape index (κ1) is 13.7. The van der Waals surface area contributed by atoms with E-state index in [1.54, 1.807) is 11.8 Å². The van der Waals surface area contributed by atoms with Crippen molar-refractivity contribution >= 4 is 11.8 Å². The summed E-state index contributed by atoms with van der Waals surface area (Å²) >= 11 is 1.67. The molecule has 2 heterocycles. The predicted molar refractivity (Wildman–Crippen MR) is 79.4 cm³/mol. The minimum atomic E-state index is -0.0892. The molecule has 0 spiro atoms. The molecule has 0 bridgehead atoms. The molecule has 1 fully saturated rings. The molecule has 5 heteroatoms. The van der Waals surface area contributed by atoms with Gasteiger partial charge in [-0.25, -0.2) is 4.98 Å². The summed E-state index contributed by atoms with van der Waals surface area (Å²) in [4.78, 5) is 4.42. The molecule has 0 saturated carbocycles. The SMILES string of the molecule is Cc1cccc(-n2ccnc2SCC2(CO)COC2)c1. The summed E-state index contributed by atoms with van der Waals surface area (Å²) in [6, 6.07) is 8.35. The van der Waals surface area contributed by atoms with Crippen LogP contribution in [0.3, 0.4) is 0 Å². The average molecular weight is 290 g/mol. The lowest BCUT2D eigenvalue weighted by atomic mass is 9.90. The summed E-state index contributed by atoms with van der Waals surface area (Å²) in [5, 5.41) is 10.4. The number of thioether (sulfide) groups is 1. The van der Waals surface area contributed by atoms with Crippen molar-refractivity contribution in [2.45, 2.75) is 12.1 Å². The smallest absolute Gasteiger partial charge is 0.172 e. The monoisotopic (exact) mass is 290 g/mol. The van der Waals surface area contributed by atoms with Crippen LogP contribution < -0.4 is 0 Å². The van der Waals surface area contributed by atoms with Gasteiger partial charge in [0.25, 0.3) is 0 Å². The molecule has 20 heavy (non-hydrogen) atoms. The second-order valence-electron chi connectivity index (χ2n) is 5.36. The molecule has 1 aliphatic rings. The molecule has 1 aromatic heterocycles. The van der Waals surface area contributed by atoms with E-state index in [-0.39, 0.29) is 12.0 Å². The van der Waals surface area contributed by atoms with Crippen LogP contribution in [0.2, 0.25) is 0 Å². The van der Waals surface area contributed by atoms with Crippen molar-refractivity contribution in [3.63, 3.8) is 0 Å². The van der Waals surface area contributed by atoms with E-state index < -0.39 is 0 Å². The lowest BCUT2D eigenvalue weighted by Gasteiger charge is -2.39. The van der Waals surface area contributed by atoms with Crippen LogP contribution in [0.1, 0.15) is 5.56 Å². The van der Waals surface area contributed by atoms with Crippen molar-refractivity contribution in [3.8, 4) is 5.69 Å². The average Bonchev–Trinajstić information content (AvgIpc) is 2.86. The molecule has 4 nitrogen and oxygen atoms in total. The Kier molecular flexibility index (Phi) is 3.83. The second kappa shape index (κ2) is 5.60. The van der Waals surface area contributed by atoms with Crippen LogP contribution in [0.5, 0.6) is 0 Å². The van der Waals surface area contributed by atoms with Crippen molar-refractivity contribution in [1.82, 2.24) is 9.55 Å². The van der Waals surface area contributed by atoms with Crippen LogP contribution in [0.15, 0.2) is 41.8 Å². The molecule has 0 atom stereocenters. The van der Waals surface area contributed by atoms with Crippen LogP contribution in [0, 0.1) is 12.3 Å². The minimum absolute atomic E-state index is 0.0892. The van der Waals surface area contributed by atoms with Gasteiger partial charge in [-0.05, 0) is 24.6 Å². The van der Waals surface area contributed by atoms with E-state index >= 15 is 0 Å². The Balaban J connectivity index is 1.77. The minimum Gasteiger partial charge on any atom is -0.396 e. The van der Waals surface area contributed by atoms with Gasteiger partial charge in [0.1, 0.15) is 0 Å². The molecule has 106 valence electrons. The number of aryl methyl sites for hydroxylation is 1. The Morgan fingerprint density at radius 3 is 2.95 bits per heavy atom. The van der Waals surface area contributed by atoms with Gasteiger partial charge in [-0.15, -0.1) is 0 Å². The number of ether oxygens (including phenoxy) is 1. The number of aliphatic hydroxyl groups excluding tert-OH is 1. The summed E-state index contributed by atoms with van der Waals surface area (Å²) < 4.78 is 7.31. The van der Waals surface area contributed by atoms with E-state index in [0.29, 0.717) is 13.2 Å². The molecule has 2 aromatic rings. The highest BCUT2D eigenvalue weighted by Crippen LogP contribution is 2.34. The van der Waals surface area contributed by atoms with Gasteiger partial charge in [-0.3, -0.25) is 4.57 Å². The van der Waals surface area contributed by atoms with Crippen LogP contribution >= 0.6 is 11.8 Å². The van der Waals surface area contributed by atoms with E-state index in [4.69, 9.17) is 4.74 Å². The van der Waals surface area contributed by atoms with Gasteiger partial charge in [0, 0.05) is 29.2 Å². The number of hydrogen-bond acceptors (Lipinski definition) is 4. The van der Waals surface area contributed by atoms with Crippen molar-refractivity contribution in [2.75, 3.05) is 25.6 Å². The maximum absolute atomic E-state index is 9.47. The molecule has 3 rings (SSSR count). The molecule has 0 unspecified atom stereocenters. The standard InChI is InChI=1S/C15H18N2O2S/c1-12-3-2-4-13(7-12)17-6-5-16-14(17)20-11-15(8-18)9-19-10-15/h2-7,18H,8-11H2,1H3. The number of benzene rings is 1. The third-order valence-corrected chi connectivity index (χ3v) is 4.86.